The molecule has 2 heterocycles. The topological polar surface area (TPSA) is 118 Å². The van der Waals surface area contributed by atoms with Gasteiger partial charge in [0.25, 0.3) is 5.91 Å². The fraction of sp³-hybridized carbons (Fsp3) is 0.310. The SMILES string of the molecule is COC(=O)[C@@H]1C(=O)N(c2ccc(Cl)cc2)[C@@](C(=O)NC(C)(C)C)(c2ccncc2)[C@H]1c1cc(OC)ccc1O. The minimum absolute atomic E-state index is 0.162. The lowest BCUT2D eigenvalue weighted by molar-refractivity contribution is -0.148. The Hall–Kier alpha value is -4.11. The van der Waals surface area contributed by atoms with E-state index in [0.717, 1.165) is 0 Å². The third-order valence-electron chi connectivity index (χ3n) is 6.69. The molecule has 0 spiro atoms. The van der Waals surface area contributed by atoms with Gasteiger partial charge in [0.2, 0.25) is 5.91 Å². The number of amides is 2. The van der Waals surface area contributed by atoms with Crippen LogP contribution in [0, 0.1) is 5.92 Å². The van der Waals surface area contributed by atoms with Crippen molar-refractivity contribution in [3.8, 4) is 11.5 Å². The molecule has 9 nitrogen and oxygen atoms in total. The molecule has 204 valence electrons. The van der Waals surface area contributed by atoms with Crippen LogP contribution in [0.4, 0.5) is 5.69 Å². The van der Waals surface area contributed by atoms with Gasteiger partial charge >= 0.3 is 5.97 Å². The normalized spacial score (nSPS) is 21.0. The molecule has 0 unspecified atom stereocenters. The highest BCUT2D eigenvalue weighted by Crippen LogP contribution is 2.56. The molecule has 1 saturated heterocycles. The Labute approximate surface area is 231 Å². The second kappa shape index (κ2) is 10.6. The van der Waals surface area contributed by atoms with Crippen LogP contribution in [0.3, 0.4) is 0 Å². The van der Waals surface area contributed by atoms with E-state index >= 15 is 0 Å². The number of methoxy groups -OCH3 is 2. The summed E-state index contributed by atoms with van der Waals surface area (Å²) in [6, 6.07) is 14.1. The van der Waals surface area contributed by atoms with Gasteiger partial charge in [-0.05, 0) is 80.9 Å². The van der Waals surface area contributed by atoms with Crippen molar-refractivity contribution in [1.29, 1.82) is 0 Å². The number of esters is 1. The standard InChI is InChI=1S/C29H30ClN3O6/c1-28(2,3)32-27(37)29(17-12-14-31-15-13-17)24(21-16-20(38-4)10-11-22(21)34)23(26(36)39-5)25(35)33(29)19-8-6-18(30)7-9-19/h6-16,23-24,34H,1-5H3,(H,32,37)/t23-,24-,29-/m0/s1. The maximum absolute atomic E-state index is 14.7. The van der Waals surface area contributed by atoms with Crippen LogP contribution < -0.4 is 15.0 Å². The number of hydrogen-bond donors (Lipinski definition) is 2. The molecule has 2 N–H and O–H groups in total. The summed E-state index contributed by atoms with van der Waals surface area (Å²) >= 11 is 6.16. The van der Waals surface area contributed by atoms with Crippen LogP contribution in [0.2, 0.25) is 5.02 Å². The number of hydrogen-bond acceptors (Lipinski definition) is 7. The van der Waals surface area contributed by atoms with Crippen molar-refractivity contribution in [2.75, 3.05) is 19.1 Å². The second-order valence-corrected chi connectivity index (χ2v) is 10.7. The number of aromatic nitrogens is 1. The molecule has 0 radical (unpaired) electrons. The first-order chi connectivity index (χ1) is 18.4. The summed E-state index contributed by atoms with van der Waals surface area (Å²) in [4.78, 5) is 47.8. The molecule has 2 aromatic carbocycles. The number of carbonyl (C=O) groups is 3. The molecule has 0 bridgehead atoms. The summed E-state index contributed by atoms with van der Waals surface area (Å²) in [5.74, 6) is -4.70. The molecule has 2 amide bonds. The Kier molecular flexibility index (Phi) is 7.57. The second-order valence-electron chi connectivity index (χ2n) is 10.3. The van der Waals surface area contributed by atoms with Crippen molar-refractivity contribution in [2.24, 2.45) is 5.92 Å². The third-order valence-corrected chi connectivity index (χ3v) is 6.94. The Morgan fingerprint density at radius 2 is 1.69 bits per heavy atom. The first kappa shape index (κ1) is 27.9. The highest BCUT2D eigenvalue weighted by Gasteiger charge is 2.67. The van der Waals surface area contributed by atoms with Crippen molar-refractivity contribution >= 4 is 35.1 Å². The van der Waals surface area contributed by atoms with Crippen molar-refractivity contribution in [3.63, 3.8) is 0 Å². The molecule has 3 aromatic rings. The number of carbonyl (C=O) groups excluding carboxylic acids is 3. The predicted octanol–water partition coefficient (Wildman–Crippen LogP) is 4.18. The molecule has 1 aromatic heterocycles. The summed E-state index contributed by atoms with van der Waals surface area (Å²) in [5.41, 5.74) is -1.74. The molecule has 10 heteroatoms. The number of benzene rings is 2. The molecular weight excluding hydrogens is 522 g/mol. The number of nitrogens with zero attached hydrogens (tertiary/aromatic N) is 2. The van der Waals surface area contributed by atoms with Crippen LogP contribution in [-0.2, 0) is 24.7 Å². The third kappa shape index (κ3) is 4.90. The van der Waals surface area contributed by atoms with Gasteiger partial charge in [0.1, 0.15) is 17.4 Å². The van der Waals surface area contributed by atoms with Crippen LogP contribution >= 0.6 is 11.6 Å². The van der Waals surface area contributed by atoms with E-state index in [1.807, 2.05) is 20.8 Å². The zero-order valence-corrected chi connectivity index (χ0v) is 23.0. The summed E-state index contributed by atoms with van der Waals surface area (Å²) in [6.07, 6.45) is 3.00. The minimum atomic E-state index is -1.87. The number of pyridine rings is 1. The number of phenolic OH excluding ortho intramolecular Hbond substituents is 1. The van der Waals surface area contributed by atoms with Gasteiger partial charge in [0, 0.05) is 40.1 Å². The highest BCUT2D eigenvalue weighted by molar-refractivity contribution is 6.30. The zero-order valence-electron chi connectivity index (χ0n) is 22.3. The monoisotopic (exact) mass is 551 g/mol. The molecule has 1 aliphatic rings. The van der Waals surface area contributed by atoms with Crippen LogP contribution in [-0.4, -0.2) is 47.6 Å². The fourth-order valence-electron chi connectivity index (χ4n) is 5.16. The van der Waals surface area contributed by atoms with Gasteiger partial charge in [-0.3, -0.25) is 24.3 Å². The largest absolute Gasteiger partial charge is 0.508 e. The summed E-state index contributed by atoms with van der Waals surface area (Å²) in [6.45, 7) is 5.43. The first-order valence-electron chi connectivity index (χ1n) is 12.2. The van der Waals surface area contributed by atoms with Crippen molar-refractivity contribution in [1.82, 2.24) is 10.3 Å². The number of nitrogens with one attached hydrogen (secondary N) is 1. The number of ether oxygens (including phenoxy) is 2. The Balaban J connectivity index is 2.18. The maximum Gasteiger partial charge on any atom is 0.318 e. The lowest BCUT2D eigenvalue weighted by atomic mass is 9.70. The number of halogens is 1. The lowest BCUT2D eigenvalue weighted by Gasteiger charge is -2.43. The van der Waals surface area contributed by atoms with E-state index in [2.05, 4.69) is 10.3 Å². The van der Waals surface area contributed by atoms with Gasteiger partial charge < -0.3 is 19.9 Å². The fourth-order valence-corrected chi connectivity index (χ4v) is 5.28. The van der Waals surface area contributed by atoms with Crippen LogP contribution in [0.5, 0.6) is 11.5 Å². The molecule has 39 heavy (non-hydrogen) atoms. The molecule has 1 aliphatic heterocycles. The molecule has 4 rings (SSSR count). The van der Waals surface area contributed by atoms with E-state index in [4.69, 9.17) is 21.1 Å². The summed E-state index contributed by atoms with van der Waals surface area (Å²) in [5, 5.41) is 14.6. The summed E-state index contributed by atoms with van der Waals surface area (Å²) in [7, 11) is 2.63. The molecule has 0 saturated carbocycles. The first-order valence-corrected chi connectivity index (χ1v) is 12.6. The van der Waals surface area contributed by atoms with Gasteiger partial charge in [-0.25, -0.2) is 0 Å². The van der Waals surface area contributed by atoms with E-state index in [1.54, 1.807) is 42.5 Å². The number of anilines is 1. The van der Waals surface area contributed by atoms with E-state index in [1.165, 1.54) is 43.6 Å². The molecule has 3 atom stereocenters. The average molecular weight is 552 g/mol. The molecule has 0 aliphatic carbocycles. The van der Waals surface area contributed by atoms with Crippen LogP contribution in [0.15, 0.2) is 67.0 Å². The van der Waals surface area contributed by atoms with E-state index in [-0.39, 0.29) is 11.3 Å². The average Bonchev–Trinajstić information content (AvgIpc) is 3.18. The van der Waals surface area contributed by atoms with E-state index < -0.39 is 40.7 Å². The number of rotatable bonds is 6. The smallest absolute Gasteiger partial charge is 0.318 e. The van der Waals surface area contributed by atoms with Gasteiger partial charge in [0.05, 0.1) is 14.2 Å². The van der Waals surface area contributed by atoms with Gasteiger partial charge in [-0.15, -0.1) is 0 Å². The zero-order chi connectivity index (χ0) is 28.5. The maximum atomic E-state index is 14.7. The van der Waals surface area contributed by atoms with Gasteiger partial charge in [0.15, 0.2) is 5.54 Å². The predicted molar refractivity (Wildman–Crippen MR) is 146 cm³/mol. The lowest BCUT2D eigenvalue weighted by Crippen LogP contribution is -2.60. The Morgan fingerprint density at radius 1 is 1.05 bits per heavy atom. The van der Waals surface area contributed by atoms with E-state index in [9.17, 15) is 19.5 Å². The molecular formula is C29H30ClN3O6. The highest BCUT2D eigenvalue weighted by atomic mass is 35.5. The summed E-state index contributed by atoms with van der Waals surface area (Å²) < 4.78 is 10.5. The van der Waals surface area contributed by atoms with Gasteiger partial charge in [-0.2, -0.15) is 0 Å². The van der Waals surface area contributed by atoms with Crippen LogP contribution in [0.1, 0.15) is 37.8 Å². The van der Waals surface area contributed by atoms with Crippen molar-refractivity contribution in [2.45, 2.75) is 37.8 Å². The Bertz CT molecular complexity index is 1390. The van der Waals surface area contributed by atoms with Crippen molar-refractivity contribution in [3.05, 3.63) is 83.1 Å². The molecule has 1 fully saturated rings. The van der Waals surface area contributed by atoms with Crippen LogP contribution in [0.25, 0.3) is 0 Å². The quantitative estimate of drug-likeness (QED) is 0.348. The number of aromatic hydroxyl groups is 1. The van der Waals surface area contributed by atoms with E-state index in [0.29, 0.717) is 22.0 Å². The minimum Gasteiger partial charge on any atom is -0.508 e. The Morgan fingerprint density at radius 3 is 2.26 bits per heavy atom. The number of phenols is 1. The van der Waals surface area contributed by atoms with Crippen molar-refractivity contribution < 1.29 is 29.0 Å². The van der Waals surface area contributed by atoms with Gasteiger partial charge in [-0.1, -0.05) is 11.6 Å².